The van der Waals surface area contributed by atoms with Crippen molar-refractivity contribution in [3.05, 3.63) is 36.0 Å². The number of aromatic nitrogens is 1. The van der Waals surface area contributed by atoms with Crippen molar-refractivity contribution in [1.82, 2.24) is 9.88 Å². The molecule has 2 N–H and O–H groups in total. The summed E-state index contributed by atoms with van der Waals surface area (Å²) in [5.74, 6) is 0. The lowest BCUT2D eigenvalue weighted by Gasteiger charge is -2.17. The SMILES string of the molecule is COCCNCc1ccc2ccn(CCC(C)(C)O)c2c1. The summed E-state index contributed by atoms with van der Waals surface area (Å²) in [4.78, 5) is 0. The van der Waals surface area contributed by atoms with Crippen LogP contribution in [0.4, 0.5) is 0 Å². The molecule has 0 radical (unpaired) electrons. The molecule has 4 nitrogen and oxygen atoms in total. The number of hydrogen-bond acceptors (Lipinski definition) is 3. The zero-order valence-corrected chi connectivity index (χ0v) is 13.2. The smallest absolute Gasteiger partial charge is 0.0608 e. The molecule has 0 bridgehead atoms. The van der Waals surface area contributed by atoms with E-state index in [9.17, 15) is 5.11 Å². The fourth-order valence-corrected chi connectivity index (χ4v) is 2.34. The predicted octanol–water partition coefficient (Wildman–Crippen LogP) is 2.54. The molecule has 1 heterocycles. The maximum absolute atomic E-state index is 9.87. The lowest BCUT2D eigenvalue weighted by atomic mass is 10.1. The first-order valence-electron chi connectivity index (χ1n) is 7.49. The number of aliphatic hydroxyl groups is 1. The van der Waals surface area contributed by atoms with Crippen LogP contribution in [0.15, 0.2) is 30.5 Å². The molecule has 0 unspecified atom stereocenters. The number of benzene rings is 1. The van der Waals surface area contributed by atoms with Crippen LogP contribution in [0.2, 0.25) is 0 Å². The maximum Gasteiger partial charge on any atom is 0.0608 e. The van der Waals surface area contributed by atoms with Crippen molar-refractivity contribution >= 4 is 10.9 Å². The number of aryl methyl sites for hydroxylation is 1. The Kier molecular flexibility index (Phi) is 5.39. The summed E-state index contributed by atoms with van der Waals surface area (Å²) in [5.41, 5.74) is 1.86. The predicted molar refractivity (Wildman–Crippen MR) is 86.4 cm³/mol. The van der Waals surface area contributed by atoms with Crippen LogP contribution in [0.25, 0.3) is 10.9 Å². The first-order chi connectivity index (χ1) is 9.99. The minimum absolute atomic E-state index is 0.629. The molecule has 1 aromatic heterocycles. The van der Waals surface area contributed by atoms with Crippen LogP contribution in [0, 0.1) is 0 Å². The van der Waals surface area contributed by atoms with Crippen LogP contribution < -0.4 is 5.32 Å². The van der Waals surface area contributed by atoms with Gasteiger partial charge in [0.2, 0.25) is 0 Å². The molecule has 0 spiro atoms. The summed E-state index contributed by atoms with van der Waals surface area (Å²) in [6, 6.07) is 8.66. The molecule has 116 valence electrons. The monoisotopic (exact) mass is 290 g/mol. The van der Waals surface area contributed by atoms with E-state index in [1.165, 1.54) is 16.5 Å². The topological polar surface area (TPSA) is 46.4 Å². The number of nitrogens with zero attached hydrogens (tertiary/aromatic N) is 1. The summed E-state index contributed by atoms with van der Waals surface area (Å²) in [7, 11) is 1.71. The molecule has 0 aliphatic rings. The van der Waals surface area contributed by atoms with Gasteiger partial charge in [-0.1, -0.05) is 12.1 Å². The highest BCUT2D eigenvalue weighted by molar-refractivity contribution is 5.80. The Balaban J connectivity index is 2.06. The highest BCUT2D eigenvalue weighted by Crippen LogP contribution is 2.19. The van der Waals surface area contributed by atoms with Gasteiger partial charge in [0.1, 0.15) is 0 Å². The van der Waals surface area contributed by atoms with Gasteiger partial charge in [-0.25, -0.2) is 0 Å². The molecule has 0 fully saturated rings. The van der Waals surface area contributed by atoms with Crippen molar-refractivity contribution in [2.75, 3.05) is 20.3 Å². The van der Waals surface area contributed by atoms with E-state index in [2.05, 4.69) is 40.3 Å². The number of fused-ring (bicyclic) bond motifs is 1. The van der Waals surface area contributed by atoms with E-state index in [0.29, 0.717) is 0 Å². The molecule has 0 saturated heterocycles. The van der Waals surface area contributed by atoms with Crippen LogP contribution >= 0.6 is 0 Å². The normalized spacial score (nSPS) is 12.2. The molecule has 2 aromatic rings. The van der Waals surface area contributed by atoms with E-state index in [1.807, 2.05) is 13.8 Å². The Hall–Kier alpha value is -1.36. The second kappa shape index (κ2) is 7.07. The summed E-state index contributed by atoms with van der Waals surface area (Å²) in [5, 5.41) is 14.5. The number of rotatable bonds is 8. The fraction of sp³-hybridized carbons (Fsp3) is 0.529. The Bertz CT molecular complexity index is 570. The van der Waals surface area contributed by atoms with Crippen molar-refractivity contribution in [2.24, 2.45) is 0 Å². The van der Waals surface area contributed by atoms with Gasteiger partial charge in [-0.15, -0.1) is 0 Å². The lowest BCUT2D eigenvalue weighted by molar-refractivity contribution is 0.0666. The number of ether oxygens (including phenoxy) is 1. The Labute approximate surface area is 126 Å². The van der Waals surface area contributed by atoms with Gasteiger partial charge < -0.3 is 19.7 Å². The highest BCUT2D eigenvalue weighted by Gasteiger charge is 2.13. The van der Waals surface area contributed by atoms with Crippen LogP contribution in [-0.4, -0.2) is 35.5 Å². The van der Waals surface area contributed by atoms with Gasteiger partial charge in [-0.3, -0.25) is 0 Å². The van der Waals surface area contributed by atoms with Crippen molar-refractivity contribution in [3.63, 3.8) is 0 Å². The minimum Gasteiger partial charge on any atom is -0.390 e. The molecule has 1 aromatic carbocycles. The van der Waals surface area contributed by atoms with Crippen molar-refractivity contribution in [3.8, 4) is 0 Å². The maximum atomic E-state index is 9.87. The summed E-state index contributed by atoms with van der Waals surface area (Å²) >= 11 is 0. The molecule has 0 aliphatic heterocycles. The van der Waals surface area contributed by atoms with Gasteiger partial charge in [-0.2, -0.15) is 0 Å². The molecule has 4 heteroatoms. The van der Waals surface area contributed by atoms with Crippen LogP contribution in [0.3, 0.4) is 0 Å². The molecular formula is C17H26N2O2. The first-order valence-corrected chi connectivity index (χ1v) is 7.49. The standard InChI is InChI=1S/C17H26N2O2/c1-17(2,20)7-10-19-9-6-15-5-4-14(12-16(15)19)13-18-8-11-21-3/h4-6,9,12,18,20H,7-8,10-11,13H2,1-3H3. The quantitative estimate of drug-likeness (QED) is 0.734. The molecule has 2 rings (SSSR count). The summed E-state index contributed by atoms with van der Waals surface area (Å²) in [6.07, 6.45) is 2.84. The fourth-order valence-electron chi connectivity index (χ4n) is 2.34. The molecule has 21 heavy (non-hydrogen) atoms. The number of nitrogens with one attached hydrogen (secondary N) is 1. The third-order valence-corrected chi connectivity index (χ3v) is 3.61. The Morgan fingerprint density at radius 2 is 2.10 bits per heavy atom. The average molecular weight is 290 g/mol. The molecular weight excluding hydrogens is 264 g/mol. The zero-order chi connectivity index (χ0) is 15.3. The van der Waals surface area contributed by atoms with Gasteiger partial charge in [0, 0.05) is 38.5 Å². The van der Waals surface area contributed by atoms with Crippen molar-refractivity contribution in [1.29, 1.82) is 0 Å². The van der Waals surface area contributed by atoms with Gasteiger partial charge in [-0.05, 0) is 43.4 Å². The zero-order valence-electron chi connectivity index (χ0n) is 13.2. The lowest BCUT2D eigenvalue weighted by Crippen LogP contribution is -2.21. The van der Waals surface area contributed by atoms with E-state index in [0.717, 1.165) is 32.7 Å². The number of methoxy groups -OCH3 is 1. The van der Waals surface area contributed by atoms with Gasteiger partial charge in [0.05, 0.1) is 12.2 Å². The van der Waals surface area contributed by atoms with E-state index in [-0.39, 0.29) is 0 Å². The average Bonchev–Trinajstić information content (AvgIpc) is 2.83. The van der Waals surface area contributed by atoms with Crippen LogP contribution in [-0.2, 0) is 17.8 Å². The van der Waals surface area contributed by atoms with E-state index < -0.39 is 5.60 Å². The molecule has 0 aliphatic carbocycles. The van der Waals surface area contributed by atoms with Gasteiger partial charge >= 0.3 is 0 Å². The second-order valence-corrected chi connectivity index (χ2v) is 6.13. The molecule has 0 saturated carbocycles. The molecule has 0 atom stereocenters. The van der Waals surface area contributed by atoms with E-state index in [4.69, 9.17) is 4.74 Å². The third kappa shape index (κ3) is 4.84. The number of hydrogen-bond donors (Lipinski definition) is 2. The van der Waals surface area contributed by atoms with Crippen molar-refractivity contribution < 1.29 is 9.84 Å². The van der Waals surface area contributed by atoms with E-state index >= 15 is 0 Å². The second-order valence-electron chi connectivity index (χ2n) is 6.13. The summed E-state index contributed by atoms with van der Waals surface area (Å²) in [6.45, 7) is 6.95. The minimum atomic E-state index is -0.629. The summed E-state index contributed by atoms with van der Waals surface area (Å²) < 4.78 is 7.24. The van der Waals surface area contributed by atoms with E-state index in [1.54, 1.807) is 7.11 Å². The van der Waals surface area contributed by atoms with Crippen molar-refractivity contribution in [2.45, 2.75) is 39.0 Å². The van der Waals surface area contributed by atoms with Crippen LogP contribution in [0.5, 0.6) is 0 Å². The van der Waals surface area contributed by atoms with Gasteiger partial charge in [0.25, 0.3) is 0 Å². The molecule has 0 amide bonds. The van der Waals surface area contributed by atoms with Crippen LogP contribution in [0.1, 0.15) is 25.8 Å². The first kappa shape index (κ1) is 16.0. The Morgan fingerprint density at radius 1 is 1.29 bits per heavy atom. The third-order valence-electron chi connectivity index (χ3n) is 3.61. The highest BCUT2D eigenvalue weighted by atomic mass is 16.5. The van der Waals surface area contributed by atoms with Gasteiger partial charge in [0.15, 0.2) is 0 Å². The Morgan fingerprint density at radius 3 is 2.81 bits per heavy atom. The largest absolute Gasteiger partial charge is 0.390 e.